The van der Waals surface area contributed by atoms with Gasteiger partial charge >= 0.3 is 0 Å². The minimum atomic E-state index is 0.546. The summed E-state index contributed by atoms with van der Waals surface area (Å²) in [7, 11) is 2.19. The van der Waals surface area contributed by atoms with Gasteiger partial charge in [-0.15, -0.1) is 10.2 Å². The zero-order valence-corrected chi connectivity index (χ0v) is 10.1. The van der Waals surface area contributed by atoms with Crippen LogP contribution in [0.3, 0.4) is 0 Å². The molecule has 0 spiro atoms. The number of nitrogens with zero attached hydrogens (tertiary/aromatic N) is 4. The molecule has 3 atom stereocenters. The van der Waals surface area contributed by atoms with E-state index in [-0.39, 0.29) is 0 Å². The largest absolute Gasteiger partial charge is 0.307 e. The maximum Gasteiger partial charge on any atom is 0.188 e. The van der Waals surface area contributed by atoms with Crippen LogP contribution in [0.4, 0.5) is 0 Å². The van der Waals surface area contributed by atoms with Gasteiger partial charge in [0.15, 0.2) is 5.82 Å². The number of H-pyrrole nitrogens is 1. The molecule has 90 valence electrons. The molecule has 0 saturated carbocycles. The molecule has 2 N–H and O–H groups in total. The molecular weight excluding hydrogens is 204 g/mol. The third kappa shape index (κ3) is 2.56. The first-order valence-corrected chi connectivity index (χ1v) is 5.82. The molecule has 6 nitrogen and oxygen atoms in total. The van der Waals surface area contributed by atoms with Crippen LogP contribution < -0.4 is 5.32 Å². The number of aromatic amines is 1. The van der Waals surface area contributed by atoms with E-state index >= 15 is 0 Å². The molecule has 3 unspecified atom stereocenters. The van der Waals surface area contributed by atoms with Crippen LogP contribution in [-0.4, -0.2) is 51.2 Å². The lowest BCUT2D eigenvalue weighted by Gasteiger charge is -2.39. The highest BCUT2D eigenvalue weighted by Gasteiger charge is 2.28. The van der Waals surface area contributed by atoms with Crippen LogP contribution in [-0.2, 0) is 6.54 Å². The maximum atomic E-state index is 3.94. The fourth-order valence-corrected chi connectivity index (χ4v) is 2.31. The molecule has 0 radical (unpaired) electrons. The number of rotatable bonds is 3. The second-order valence-corrected chi connectivity index (χ2v) is 4.82. The summed E-state index contributed by atoms with van der Waals surface area (Å²) in [5.74, 6) is 1.40. The van der Waals surface area contributed by atoms with E-state index in [0.717, 1.165) is 12.4 Å². The number of tetrazole rings is 1. The van der Waals surface area contributed by atoms with Crippen molar-refractivity contribution in [1.29, 1.82) is 0 Å². The summed E-state index contributed by atoms with van der Waals surface area (Å²) >= 11 is 0. The first kappa shape index (κ1) is 11.5. The van der Waals surface area contributed by atoms with Gasteiger partial charge in [0, 0.05) is 18.6 Å². The number of piperidine rings is 1. The van der Waals surface area contributed by atoms with Crippen molar-refractivity contribution in [3.8, 4) is 0 Å². The molecule has 0 aromatic carbocycles. The second kappa shape index (κ2) is 4.88. The third-order valence-corrected chi connectivity index (χ3v) is 3.52. The smallest absolute Gasteiger partial charge is 0.188 e. The van der Waals surface area contributed by atoms with Crippen LogP contribution in [0.2, 0.25) is 0 Å². The van der Waals surface area contributed by atoms with E-state index < -0.39 is 0 Å². The van der Waals surface area contributed by atoms with Gasteiger partial charge in [-0.1, -0.05) is 12.1 Å². The van der Waals surface area contributed by atoms with Crippen molar-refractivity contribution in [2.45, 2.75) is 38.9 Å². The number of nitrogens with one attached hydrogen (secondary N) is 2. The van der Waals surface area contributed by atoms with Gasteiger partial charge in [-0.25, -0.2) is 0 Å². The lowest BCUT2D eigenvalue weighted by molar-refractivity contribution is 0.120. The van der Waals surface area contributed by atoms with E-state index in [1.165, 1.54) is 6.42 Å². The first-order chi connectivity index (χ1) is 7.66. The van der Waals surface area contributed by atoms with E-state index in [1.54, 1.807) is 0 Å². The third-order valence-electron chi connectivity index (χ3n) is 3.52. The van der Waals surface area contributed by atoms with Crippen molar-refractivity contribution in [2.24, 2.45) is 5.92 Å². The summed E-state index contributed by atoms with van der Waals surface area (Å²) in [6, 6.07) is 1.18. The van der Waals surface area contributed by atoms with Crippen LogP contribution in [0.5, 0.6) is 0 Å². The van der Waals surface area contributed by atoms with Gasteiger partial charge < -0.3 is 10.2 Å². The molecule has 0 bridgehead atoms. The molecule has 0 amide bonds. The van der Waals surface area contributed by atoms with Gasteiger partial charge in [-0.3, -0.25) is 0 Å². The fourth-order valence-electron chi connectivity index (χ4n) is 2.31. The van der Waals surface area contributed by atoms with Crippen LogP contribution in [0, 0.1) is 5.92 Å². The second-order valence-electron chi connectivity index (χ2n) is 4.82. The van der Waals surface area contributed by atoms with Gasteiger partial charge in [-0.2, -0.15) is 5.21 Å². The SMILES string of the molecule is CC1CN(C)C(C)CC1NCc1nn[nH]n1. The molecule has 2 heterocycles. The van der Waals surface area contributed by atoms with Crippen molar-refractivity contribution in [1.82, 2.24) is 30.8 Å². The fraction of sp³-hybridized carbons (Fsp3) is 0.900. The van der Waals surface area contributed by atoms with Crippen molar-refractivity contribution in [3.05, 3.63) is 5.82 Å². The van der Waals surface area contributed by atoms with Gasteiger partial charge in [0.2, 0.25) is 0 Å². The number of aromatic nitrogens is 4. The average Bonchev–Trinajstić information content (AvgIpc) is 2.74. The highest BCUT2D eigenvalue weighted by Crippen LogP contribution is 2.20. The predicted molar refractivity (Wildman–Crippen MR) is 60.7 cm³/mol. The Morgan fingerprint density at radius 2 is 2.31 bits per heavy atom. The summed E-state index contributed by atoms with van der Waals surface area (Å²) in [6.45, 7) is 6.40. The molecule has 2 rings (SSSR count). The van der Waals surface area contributed by atoms with Gasteiger partial charge in [0.05, 0.1) is 6.54 Å². The predicted octanol–water partition coefficient (Wildman–Crippen LogP) is 0.0180. The standard InChI is InChI=1S/C10H20N6/c1-7-6-16(3)8(2)4-9(7)11-5-10-12-14-15-13-10/h7-9,11H,4-6H2,1-3H3,(H,12,13,14,15). The Morgan fingerprint density at radius 1 is 1.50 bits per heavy atom. The Kier molecular flexibility index (Phi) is 3.50. The van der Waals surface area contributed by atoms with Crippen LogP contribution in [0.1, 0.15) is 26.1 Å². The average molecular weight is 224 g/mol. The molecule has 6 heteroatoms. The van der Waals surface area contributed by atoms with Crippen LogP contribution in [0.15, 0.2) is 0 Å². The first-order valence-electron chi connectivity index (χ1n) is 5.82. The molecule has 0 aliphatic carbocycles. The monoisotopic (exact) mass is 224 g/mol. The van der Waals surface area contributed by atoms with E-state index in [1.807, 2.05) is 0 Å². The Labute approximate surface area is 95.8 Å². The molecule has 1 aliphatic rings. The quantitative estimate of drug-likeness (QED) is 0.757. The minimum Gasteiger partial charge on any atom is -0.307 e. The van der Waals surface area contributed by atoms with Crippen molar-refractivity contribution >= 4 is 0 Å². The summed E-state index contributed by atoms with van der Waals surface area (Å²) in [6.07, 6.45) is 1.18. The van der Waals surface area contributed by atoms with E-state index in [2.05, 4.69) is 51.7 Å². The molecule has 16 heavy (non-hydrogen) atoms. The summed E-state index contributed by atoms with van der Waals surface area (Å²) in [5.41, 5.74) is 0. The Hall–Kier alpha value is -1.01. The van der Waals surface area contributed by atoms with E-state index in [9.17, 15) is 0 Å². The Morgan fingerprint density at radius 3 is 3.00 bits per heavy atom. The van der Waals surface area contributed by atoms with E-state index in [4.69, 9.17) is 0 Å². The molecule has 1 aliphatic heterocycles. The van der Waals surface area contributed by atoms with Gasteiger partial charge in [0.25, 0.3) is 0 Å². The molecular formula is C10H20N6. The molecule has 1 aromatic heterocycles. The van der Waals surface area contributed by atoms with Gasteiger partial charge in [0.1, 0.15) is 0 Å². The number of hydrogen-bond donors (Lipinski definition) is 2. The Balaban J connectivity index is 1.85. The summed E-state index contributed by atoms with van der Waals surface area (Å²) in [5, 5.41) is 17.4. The molecule has 1 saturated heterocycles. The zero-order chi connectivity index (χ0) is 11.5. The number of likely N-dealkylation sites (tertiary alicyclic amines) is 1. The van der Waals surface area contributed by atoms with Gasteiger partial charge in [-0.05, 0) is 26.3 Å². The molecule has 1 fully saturated rings. The highest BCUT2D eigenvalue weighted by molar-refractivity contribution is 4.87. The van der Waals surface area contributed by atoms with Crippen molar-refractivity contribution < 1.29 is 0 Å². The van der Waals surface area contributed by atoms with Crippen molar-refractivity contribution in [3.63, 3.8) is 0 Å². The number of hydrogen-bond acceptors (Lipinski definition) is 5. The lowest BCUT2D eigenvalue weighted by Crippen LogP contribution is -2.50. The van der Waals surface area contributed by atoms with Crippen LogP contribution >= 0.6 is 0 Å². The minimum absolute atomic E-state index is 0.546. The van der Waals surface area contributed by atoms with Crippen molar-refractivity contribution in [2.75, 3.05) is 13.6 Å². The highest BCUT2D eigenvalue weighted by atomic mass is 15.5. The van der Waals surface area contributed by atoms with Crippen LogP contribution in [0.25, 0.3) is 0 Å². The molecule has 1 aromatic rings. The summed E-state index contributed by atoms with van der Waals surface area (Å²) in [4.78, 5) is 2.41. The maximum absolute atomic E-state index is 3.94. The van der Waals surface area contributed by atoms with E-state index in [0.29, 0.717) is 24.5 Å². The zero-order valence-electron chi connectivity index (χ0n) is 10.1. The lowest BCUT2D eigenvalue weighted by atomic mass is 9.90. The summed E-state index contributed by atoms with van der Waals surface area (Å²) < 4.78 is 0. The normalized spacial score (nSPS) is 31.8. The topological polar surface area (TPSA) is 69.7 Å². The Bertz CT molecular complexity index is 311.